The lowest BCUT2D eigenvalue weighted by Crippen LogP contribution is -2.20. The third-order valence-electron chi connectivity index (χ3n) is 3.36. The highest BCUT2D eigenvalue weighted by Crippen LogP contribution is 2.16. The molecule has 0 spiro atoms. The van der Waals surface area contributed by atoms with Crippen molar-refractivity contribution in [2.75, 3.05) is 13.1 Å². The second-order valence-corrected chi connectivity index (χ2v) is 4.76. The number of aromatic nitrogens is 2. The fourth-order valence-electron chi connectivity index (χ4n) is 2.37. The van der Waals surface area contributed by atoms with Gasteiger partial charge < -0.3 is 4.57 Å². The van der Waals surface area contributed by atoms with Crippen molar-refractivity contribution >= 4 is 0 Å². The molecule has 0 bridgehead atoms. The molecule has 1 aliphatic heterocycles. The highest BCUT2D eigenvalue weighted by Gasteiger charge is 2.21. The van der Waals surface area contributed by atoms with Gasteiger partial charge in [-0.15, -0.1) is 0 Å². The van der Waals surface area contributed by atoms with Crippen molar-refractivity contribution in [3.8, 4) is 5.69 Å². The zero-order valence-corrected chi connectivity index (χ0v) is 10.2. The van der Waals surface area contributed by atoms with Crippen molar-refractivity contribution < 1.29 is 4.39 Å². The van der Waals surface area contributed by atoms with Crippen molar-refractivity contribution in [2.24, 2.45) is 0 Å². The molecule has 0 radical (unpaired) electrons. The van der Waals surface area contributed by atoms with Crippen molar-refractivity contribution in [2.45, 2.75) is 19.1 Å². The van der Waals surface area contributed by atoms with Crippen molar-refractivity contribution in [3.05, 3.63) is 48.5 Å². The molecular formula is C14H16FN3. The summed E-state index contributed by atoms with van der Waals surface area (Å²) < 4.78 is 15.0. The minimum Gasteiger partial charge on any atom is -0.306 e. The third kappa shape index (κ3) is 2.43. The van der Waals surface area contributed by atoms with Gasteiger partial charge in [-0.2, -0.15) is 0 Å². The molecule has 1 aliphatic rings. The maximum atomic E-state index is 13.1. The molecule has 0 N–H and O–H groups in total. The zero-order valence-electron chi connectivity index (χ0n) is 10.2. The molecule has 1 unspecified atom stereocenters. The first-order valence-corrected chi connectivity index (χ1v) is 6.25. The van der Waals surface area contributed by atoms with Gasteiger partial charge in [0.1, 0.15) is 6.17 Å². The van der Waals surface area contributed by atoms with E-state index in [-0.39, 0.29) is 0 Å². The molecule has 0 aliphatic carbocycles. The second-order valence-electron chi connectivity index (χ2n) is 4.76. The van der Waals surface area contributed by atoms with E-state index in [9.17, 15) is 4.39 Å². The number of imidazole rings is 1. The molecule has 0 saturated carbocycles. The van der Waals surface area contributed by atoms with E-state index in [4.69, 9.17) is 0 Å². The molecule has 1 aromatic heterocycles. The zero-order chi connectivity index (χ0) is 12.4. The van der Waals surface area contributed by atoms with Gasteiger partial charge in [0, 0.05) is 37.7 Å². The van der Waals surface area contributed by atoms with Crippen LogP contribution >= 0.6 is 0 Å². The molecule has 94 valence electrons. The molecule has 4 heteroatoms. The van der Waals surface area contributed by atoms with E-state index >= 15 is 0 Å². The van der Waals surface area contributed by atoms with Crippen LogP contribution in [0.1, 0.15) is 12.0 Å². The Kier molecular flexibility index (Phi) is 3.11. The average molecular weight is 245 g/mol. The summed E-state index contributed by atoms with van der Waals surface area (Å²) >= 11 is 0. The lowest BCUT2D eigenvalue weighted by atomic mass is 10.2. The summed E-state index contributed by atoms with van der Waals surface area (Å²) in [4.78, 5) is 6.19. The number of rotatable bonds is 3. The minimum absolute atomic E-state index is 0.573. The summed E-state index contributed by atoms with van der Waals surface area (Å²) in [5, 5.41) is 0. The minimum atomic E-state index is -0.643. The fourth-order valence-corrected chi connectivity index (χ4v) is 2.37. The SMILES string of the molecule is FC1CCN(Cc2ccc(-n3ccnc3)cc2)C1. The Morgan fingerprint density at radius 1 is 1.28 bits per heavy atom. The van der Waals surface area contributed by atoms with Gasteiger partial charge in [0.2, 0.25) is 0 Å². The Labute approximate surface area is 106 Å². The van der Waals surface area contributed by atoms with Gasteiger partial charge in [0.25, 0.3) is 0 Å². The van der Waals surface area contributed by atoms with Crippen LogP contribution in [0.25, 0.3) is 5.69 Å². The first-order chi connectivity index (χ1) is 8.81. The number of benzene rings is 1. The van der Waals surface area contributed by atoms with Gasteiger partial charge >= 0.3 is 0 Å². The van der Waals surface area contributed by atoms with Crippen LogP contribution in [0, 0.1) is 0 Å². The number of hydrogen-bond donors (Lipinski definition) is 0. The molecule has 1 saturated heterocycles. The quantitative estimate of drug-likeness (QED) is 0.828. The lowest BCUT2D eigenvalue weighted by molar-refractivity contribution is 0.282. The summed E-state index contributed by atoms with van der Waals surface area (Å²) in [6.07, 6.45) is 5.49. The first kappa shape index (κ1) is 11.4. The summed E-state index contributed by atoms with van der Waals surface area (Å²) in [5.74, 6) is 0. The van der Waals surface area contributed by atoms with E-state index < -0.39 is 6.17 Å². The number of halogens is 1. The van der Waals surface area contributed by atoms with Gasteiger partial charge in [-0.1, -0.05) is 12.1 Å². The third-order valence-corrected chi connectivity index (χ3v) is 3.36. The maximum Gasteiger partial charge on any atom is 0.114 e. The van der Waals surface area contributed by atoms with Crippen molar-refractivity contribution in [1.29, 1.82) is 0 Å². The van der Waals surface area contributed by atoms with Crippen LogP contribution in [0.5, 0.6) is 0 Å². The molecular weight excluding hydrogens is 229 g/mol. The van der Waals surface area contributed by atoms with Crippen LogP contribution in [0.15, 0.2) is 43.0 Å². The average Bonchev–Trinajstić information content (AvgIpc) is 3.02. The Hall–Kier alpha value is -1.68. The van der Waals surface area contributed by atoms with Crippen molar-refractivity contribution in [1.82, 2.24) is 14.5 Å². The molecule has 18 heavy (non-hydrogen) atoms. The fraction of sp³-hybridized carbons (Fsp3) is 0.357. The van der Waals surface area contributed by atoms with E-state index in [2.05, 4.69) is 34.1 Å². The summed E-state index contributed by atoms with van der Waals surface area (Å²) in [5.41, 5.74) is 2.33. The summed E-state index contributed by atoms with van der Waals surface area (Å²) in [6.45, 7) is 2.28. The van der Waals surface area contributed by atoms with Crippen LogP contribution in [-0.2, 0) is 6.54 Å². The van der Waals surface area contributed by atoms with Gasteiger partial charge in [0.05, 0.1) is 6.33 Å². The van der Waals surface area contributed by atoms with Gasteiger partial charge in [-0.05, 0) is 24.1 Å². The van der Waals surface area contributed by atoms with Crippen LogP contribution in [0.4, 0.5) is 4.39 Å². The summed E-state index contributed by atoms with van der Waals surface area (Å²) in [6, 6.07) is 8.34. The van der Waals surface area contributed by atoms with Crippen LogP contribution < -0.4 is 0 Å². The van der Waals surface area contributed by atoms with Crippen LogP contribution in [0.2, 0.25) is 0 Å². The predicted molar refractivity (Wildman–Crippen MR) is 68.4 cm³/mol. The molecule has 1 aromatic carbocycles. The molecule has 2 heterocycles. The van der Waals surface area contributed by atoms with E-state index in [1.165, 1.54) is 5.56 Å². The number of hydrogen-bond acceptors (Lipinski definition) is 2. The Morgan fingerprint density at radius 2 is 2.11 bits per heavy atom. The van der Waals surface area contributed by atoms with Crippen molar-refractivity contribution in [3.63, 3.8) is 0 Å². The number of nitrogens with zero attached hydrogens (tertiary/aromatic N) is 3. The predicted octanol–water partition coefficient (Wildman–Crippen LogP) is 2.42. The van der Waals surface area contributed by atoms with E-state index in [1.54, 1.807) is 12.5 Å². The normalized spacial score (nSPS) is 20.4. The number of alkyl halides is 1. The Morgan fingerprint density at radius 3 is 2.72 bits per heavy atom. The monoisotopic (exact) mass is 245 g/mol. The molecule has 1 atom stereocenters. The van der Waals surface area contributed by atoms with E-state index in [0.717, 1.165) is 18.8 Å². The lowest BCUT2D eigenvalue weighted by Gasteiger charge is -2.14. The maximum absolute atomic E-state index is 13.1. The van der Waals surface area contributed by atoms with E-state index in [1.807, 2.05) is 10.8 Å². The highest BCUT2D eigenvalue weighted by molar-refractivity contribution is 5.34. The smallest absolute Gasteiger partial charge is 0.114 e. The highest BCUT2D eigenvalue weighted by atomic mass is 19.1. The molecule has 1 fully saturated rings. The van der Waals surface area contributed by atoms with E-state index in [0.29, 0.717) is 13.0 Å². The van der Waals surface area contributed by atoms with Gasteiger partial charge in [0.15, 0.2) is 0 Å². The second kappa shape index (κ2) is 4.90. The Bertz CT molecular complexity index is 492. The van der Waals surface area contributed by atoms with Crippen LogP contribution in [0.3, 0.4) is 0 Å². The van der Waals surface area contributed by atoms with Gasteiger partial charge in [-0.25, -0.2) is 9.37 Å². The first-order valence-electron chi connectivity index (χ1n) is 6.25. The number of likely N-dealkylation sites (tertiary alicyclic amines) is 1. The largest absolute Gasteiger partial charge is 0.306 e. The van der Waals surface area contributed by atoms with Gasteiger partial charge in [-0.3, -0.25) is 4.90 Å². The Balaban J connectivity index is 1.68. The summed E-state index contributed by atoms with van der Waals surface area (Å²) in [7, 11) is 0. The standard InChI is InChI=1S/C14H16FN3/c15-13-5-7-17(10-13)9-12-1-3-14(4-2-12)18-8-6-16-11-18/h1-4,6,8,11,13H,5,7,9-10H2. The molecule has 3 nitrogen and oxygen atoms in total. The molecule has 0 amide bonds. The topological polar surface area (TPSA) is 21.1 Å². The molecule has 2 aromatic rings. The van der Waals surface area contributed by atoms with Crippen LogP contribution in [-0.4, -0.2) is 33.7 Å². The molecule has 3 rings (SSSR count).